The summed E-state index contributed by atoms with van der Waals surface area (Å²) in [7, 11) is 1.57. The smallest absolute Gasteiger partial charge is 0.255 e. The Labute approximate surface area is 213 Å². The average molecular weight is 496 g/mol. The van der Waals surface area contributed by atoms with Gasteiger partial charge in [0.25, 0.3) is 5.91 Å². The molecule has 1 amide bonds. The van der Waals surface area contributed by atoms with E-state index in [0.29, 0.717) is 46.0 Å². The van der Waals surface area contributed by atoms with Crippen LogP contribution in [0.1, 0.15) is 24.1 Å². The highest BCUT2D eigenvalue weighted by atomic mass is 16.7. The number of anilines is 2. The van der Waals surface area contributed by atoms with E-state index >= 15 is 0 Å². The van der Waals surface area contributed by atoms with Crippen molar-refractivity contribution in [2.75, 3.05) is 24.5 Å². The van der Waals surface area contributed by atoms with Crippen molar-refractivity contribution in [1.82, 2.24) is 14.8 Å². The van der Waals surface area contributed by atoms with E-state index in [1.807, 2.05) is 68.4 Å². The standard InChI is InChI=1S/C28H25N5O4/c1-16-7-6-8-19(13-16)26-31-28-29-17(2)24(27(34)30-20-9-4-5-10-21(20)35-3)25(33(28)32-26)18-11-12-22-23(14-18)37-15-36-22/h4-14,25H,15H2,1-3H3,(H,30,34)(H,29,31,32). The van der Waals surface area contributed by atoms with Crippen LogP contribution < -0.4 is 24.8 Å². The molecule has 0 spiro atoms. The number of carbonyl (C=O) groups excluding carboxylic acids is 1. The van der Waals surface area contributed by atoms with Crippen molar-refractivity contribution in [3.63, 3.8) is 0 Å². The summed E-state index contributed by atoms with van der Waals surface area (Å²) in [4.78, 5) is 18.6. The van der Waals surface area contributed by atoms with E-state index in [2.05, 4.69) is 10.6 Å². The van der Waals surface area contributed by atoms with Gasteiger partial charge in [-0.25, -0.2) is 4.68 Å². The quantitative estimate of drug-likeness (QED) is 0.405. The molecule has 37 heavy (non-hydrogen) atoms. The van der Waals surface area contributed by atoms with Crippen LogP contribution in [0.5, 0.6) is 17.2 Å². The Morgan fingerprint density at radius 3 is 2.73 bits per heavy atom. The number of rotatable bonds is 5. The molecule has 9 nitrogen and oxygen atoms in total. The van der Waals surface area contributed by atoms with Crippen LogP contribution >= 0.6 is 0 Å². The van der Waals surface area contributed by atoms with Gasteiger partial charge in [0.1, 0.15) is 11.8 Å². The molecule has 1 aromatic heterocycles. The molecule has 186 valence electrons. The lowest BCUT2D eigenvalue weighted by atomic mass is 9.94. The molecule has 0 saturated heterocycles. The Hall–Kier alpha value is -4.79. The third-order valence-corrected chi connectivity index (χ3v) is 6.44. The van der Waals surface area contributed by atoms with Gasteiger partial charge in [0.05, 0.1) is 18.4 Å². The lowest BCUT2D eigenvalue weighted by Crippen LogP contribution is -2.31. The summed E-state index contributed by atoms with van der Waals surface area (Å²) in [6, 6.07) is 20.4. The van der Waals surface area contributed by atoms with Crippen molar-refractivity contribution in [3.05, 3.63) is 89.1 Å². The first-order chi connectivity index (χ1) is 18.0. The molecule has 0 fully saturated rings. The highest BCUT2D eigenvalue weighted by molar-refractivity contribution is 6.06. The van der Waals surface area contributed by atoms with Crippen molar-refractivity contribution in [1.29, 1.82) is 0 Å². The predicted octanol–water partition coefficient (Wildman–Crippen LogP) is 4.92. The number of fused-ring (bicyclic) bond motifs is 2. The second-order valence-electron chi connectivity index (χ2n) is 8.91. The molecule has 0 radical (unpaired) electrons. The van der Waals surface area contributed by atoms with E-state index in [4.69, 9.17) is 24.3 Å². The number of allylic oxidation sites excluding steroid dienone is 1. The number of ether oxygens (including phenoxy) is 3. The Balaban J connectivity index is 1.46. The fourth-order valence-corrected chi connectivity index (χ4v) is 4.68. The van der Waals surface area contributed by atoms with Crippen molar-refractivity contribution in [2.24, 2.45) is 0 Å². The van der Waals surface area contributed by atoms with Gasteiger partial charge in [-0.05, 0) is 49.7 Å². The molecule has 3 heterocycles. The highest BCUT2D eigenvalue weighted by Crippen LogP contribution is 2.41. The summed E-state index contributed by atoms with van der Waals surface area (Å²) in [5.41, 5.74) is 4.56. The van der Waals surface area contributed by atoms with Gasteiger partial charge < -0.3 is 24.8 Å². The maximum atomic E-state index is 13.8. The summed E-state index contributed by atoms with van der Waals surface area (Å²) >= 11 is 0. The molecule has 9 heteroatoms. The second kappa shape index (κ2) is 9.02. The molecule has 0 aliphatic carbocycles. The monoisotopic (exact) mass is 495 g/mol. The zero-order valence-corrected chi connectivity index (χ0v) is 20.6. The van der Waals surface area contributed by atoms with Crippen LogP contribution in [0.15, 0.2) is 78.0 Å². The van der Waals surface area contributed by atoms with Gasteiger partial charge in [0.15, 0.2) is 17.3 Å². The van der Waals surface area contributed by atoms with E-state index < -0.39 is 6.04 Å². The third kappa shape index (κ3) is 4.04. The number of aromatic nitrogens is 3. The number of hydrogen-bond acceptors (Lipinski definition) is 7. The molecule has 2 aliphatic rings. The van der Waals surface area contributed by atoms with Gasteiger partial charge in [-0.15, -0.1) is 5.10 Å². The molecule has 1 unspecified atom stereocenters. The highest BCUT2D eigenvalue weighted by Gasteiger charge is 2.35. The number of benzene rings is 3. The molecular formula is C28H25N5O4. The Morgan fingerprint density at radius 2 is 1.89 bits per heavy atom. The SMILES string of the molecule is COc1ccccc1NC(=O)C1=C(C)Nc2nc(-c3cccc(C)c3)nn2C1c1ccc2c(c1)OCO2. The van der Waals surface area contributed by atoms with Crippen molar-refractivity contribution >= 4 is 17.5 Å². The van der Waals surface area contributed by atoms with Crippen LogP contribution in [0.2, 0.25) is 0 Å². The van der Waals surface area contributed by atoms with E-state index in [1.165, 1.54) is 0 Å². The second-order valence-corrected chi connectivity index (χ2v) is 8.91. The maximum absolute atomic E-state index is 13.8. The van der Waals surface area contributed by atoms with Crippen LogP contribution in [0.25, 0.3) is 11.4 Å². The van der Waals surface area contributed by atoms with Crippen molar-refractivity contribution in [2.45, 2.75) is 19.9 Å². The van der Waals surface area contributed by atoms with Gasteiger partial charge in [-0.3, -0.25) is 4.79 Å². The van der Waals surface area contributed by atoms with Gasteiger partial charge in [0.2, 0.25) is 12.7 Å². The molecule has 6 rings (SSSR count). The summed E-state index contributed by atoms with van der Waals surface area (Å²) in [6.07, 6.45) is 0. The lowest BCUT2D eigenvalue weighted by molar-refractivity contribution is -0.113. The van der Waals surface area contributed by atoms with Crippen LogP contribution in [0.3, 0.4) is 0 Å². The van der Waals surface area contributed by atoms with E-state index in [0.717, 1.165) is 16.7 Å². The van der Waals surface area contributed by atoms with Crippen LogP contribution in [0.4, 0.5) is 11.6 Å². The number of carbonyl (C=O) groups is 1. The number of amides is 1. The molecule has 4 aromatic rings. The van der Waals surface area contributed by atoms with Gasteiger partial charge in [-0.2, -0.15) is 4.98 Å². The number of nitrogens with one attached hydrogen (secondary N) is 2. The zero-order valence-electron chi connectivity index (χ0n) is 20.6. The minimum absolute atomic E-state index is 0.160. The fourth-order valence-electron chi connectivity index (χ4n) is 4.68. The maximum Gasteiger partial charge on any atom is 0.255 e. The van der Waals surface area contributed by atoms with Crippen LogP contribution in [0, 0.1) is 6.92 Å². The van der Waals surface area contributed by atoms with E-state index in [9.17, 15) is 4.79 Å². The largest absolute Gasteiger partial charge is 0.495 e. The zero-order chi connectivity index (χ0) is 25.5. The minimum Gasteiger partial charge on any atom is -0.495 e. The summed E-state index contributed by atoms with van der Waals surface area (Å²) in [5.74, 6) is 2.69. The fraction of sp³-hybridized carbons (Fsp3) is 0.179. The first kappa shape index (κ1) is 22.7. The van der Waals surface area contributed by atoms with Gasteiger partial charge >= 0.3 is 0 Å². The molecule has 2 aliphatic heterocycles. The molecular weight excluding hydrogens is 470 g/mol. The Kier molecular flexibility index (Phi) is 5.52. The average Bonchev–Trinajstić information content (AvgIpc) is 3.54. The van der Waals surface area contributed by atoms with Crippen LogP contribution in [-0.4, -0.2) is 34.6 Å². The summed E-state index contributed by atoms with van der Waals surface area (Å²) in [6.45, 7) is 4.05. The Bertz CT molecular complexity index is 1560. The topological polar surface area (TPSA) is 99.5 Å². The molecule has 0 saturated carbocycles. The first-order valence-corrected chi connectivity index (χ1v) is 11.9. The van der Waals surface area contributed by atoms with Gasteiger partial charge in [-0.1, -0.05) is 42.0 Å². The summed E-state index contributed by atoms with van der Waals surface area (Å²) < 4.78 is 18.3. The minimum atomic E-state index is -0.563. The number of aryl methyl sites for hydroxylation is 1. The van der Waals surface area contributed by atoms with Gasteiger partial charge in [0, 0.05) is 11.3 Å². The molecule has 2 N–H and O–H groups in total. The van der Waals surface area contributed by atoms with E-state index in [1.54, 1.807) is 23.9 Å². The Morgan fingerprint density at radius 1 is 1.05 bits per heavy atom. The van der Waals surface area contributed by atoms with Crippen molar-refractivity contribution in [3.8, 4) is 28.6 Å². The number of nitrogens with zero attached hydrogens (tertiary/aromatic N) is 3. The molecule has 1 atom stereocenters. The lowest BCUT2D eigenvalue weighted by Gasteiger charge is -2.29. The molecule has 3 aromatic carbocycles. The normalized spacial score (nSPS) is 15.7. The van der Waals surface area contributed by atoms with Crippen LogP contribution in [-0.2, 0) is 4.79 Å². The first-order valence-electron chi connectivity index (χ1n) is 11.9. The number of methoxy groups -OCH3 is 1. The number of hydrogen-bond donors (Lipinski definition) is 2. The molecule has 0 bridgehead atoms. The third-order valence-electron chi connectivity index (χ3n) is 6.44. The number of para-hydroxylation sites is 2. The summed E-state index contributed by atoms with van der Waals surface area (Å²) in [5, 5.41) is 11.1. The van der Waals surface area contributed by atoms with Crippen molar-refractivity contribution < 1.29 is 19.0 Å². The predicted molar refractivity (Wildman–Crippen MR) is 139 cm³/mol. The van der Waals surface area contributed by atoms with E-state index in [-0.39, 0.29) is 12.7 Å².